The molecule has 0 bridgehead atoms. The number of benzene rings is 1. The summed E-state index contributed by atoms with van der Waals surface area (Å²) in [7, 11) is -1.61. The maximum atomic E-state index is 9.89. The first kappa shape index (κ1) is 29.3. The lowest BCUT2D eigenvalue weighted by Gasteiger charge is -2.16. The Morgan fingerprint density at radius 1 is 0.606 bits per heavy atom. The maximum Gasteiger partial charge on any atom is 0.496 e. The minimum absolute atomic E-state index is 0.335. The van der Waals surface area contributed by atoms with Crippen LogP contribution < -0.4 is 14.9 Å². The SMILES string of the molecule is C=CCCCCCCCCCOc1cccc(OCCCCCCCCCC=C)c1B(O)O. The molecular weight excluding hydrogens is 411 g/mol. The Bertz CT molecular complexity index is 572. The third-order valence-corrected chi connectivity index (χ3v) is 5.90. The molecule has 0 saturated heterocycles. The van der Waals surface area contributed by atoms with E-state index in [-0.39, 0.29) is 0 Å². The van der Waals surface area contributed by atoms with E-state index in [0.717, 1.165) is 38.5 Å². The molecule has 1 rings (SSSR count). The highest BCUT2D eigenvalue weighted by molar-refractivity contribution is 6.60. The van der Waals surface area contributed by atoms with Gasteiger partial charge in [-0.25, -0.2) is 0 Å². The standard InChI is InChI=1S/C28H47BO4/c1-3-5-7-9-11-13-15-17-19-24-32-26-22-21-23-27(28(26)29(30)31)33-25-20-18-16-14-12-10-8-6-4-2/h3-4,21-23,30-31H,1-2,5-20,24-25H2. The van der Waals surface area contributed by atoms with Crippen LogP contribution in [0.15, 0.2) is 43.5 Å². The molecule has 186 valence electrons. The molecule has 0 fully saturated rings. The molecule has 0 radical (unpaired) electrons. The van der Waals surface area contributed by atoms with Crippen LogP contribution in [-0.2, 0) is 0 Å². The third kappa shape index (κ3) is 14.9. The van der Waals surface area contributed by atoms with Crippen molar-refractivity contribution in [3.8, 4) is 11.5 Å². The largest absolute Gasteiger partial charge is 0.496 e. The molecule has 2 N–H and O–H groups in total. The second kappa shape index (κ2) is 20.9. The van der Waals surface area contributed by atoms with Crippen molar-refractivity contribution in [1.82, 2.24) is 0 Å². The van der Waals surface area contributed by atoms with E-state index < -0.39 is 7.12 Å². The van der Waals surface area contributed by atoms with Gasteiger partial charge in [-0.15, -0.1) is 13.2 Å². The first-order chi connectivity index (χ1) is 16.2. The van der Waals surface area contributed by atoms with Crippen molar-refractivity contribution in [3.63, 3.8) is 0 Å². The highest BCUT2D eigenvalue weighted by Gasteiger charge is 2.22. The highest BCUT2D eigenvalue weighted by Crippen LogP contribution is 2.19. The number of hydrogen-bond acceptors (Lipinski definition) is 4. The summed E-state index contributed by atoms with van der Waals surface area (Å²) in [4.78, 5) is 0. The second-order valence-electron chi connectivity index (χ2n) is 8.84. The zero-order valence-electron chi connectivity index (χ0n) is 20.8. The predicted molar refractivity (Wildman–Crippen MR) is 142 cm³/mol. The van der Waals surface area contributed by atoms with E-state index in [0.29, 0.717) is 30.2 Å². The Hall–Kier alpha value is -1.72. The Kier molecular flexibility index (Phi) is 18.5. The molecule has 0 saturated carbocycles. The van der Waals surface area contributed by atoms with Crippen molar-refractivity contribution >= 4 is 12.6 Å². The van der Waals surface area contributed by atoms with E-state index in [1.165, 1.54) is 64.2 Å². The van der Waals surface area contributed by atoms with Crippen molar-refractivity contribution in [1.29, 1.82) is 0 Å². The first-order valence-corrected chi connectivity index (χ1v) is 13.2. The molecular formula is C28H47BO4. The Morgan fingerprint density at radius 3 is 1.33 bits per heavy atom. The highest BCUT2D eigenvalue weighted by atomic mass is 16.5. The molecule has 0 aliphatic heterocycles. The van der Waals surface area contributed by atoms with Crippen LogP contribution in [0, 0.1) is 0 Å². The number of hydrogen-bond donors (Lipinski definition) is 2. The lowest BCUT2D eigenvalue weighted by Crippen LogP contribution is -2.33. The lowest BCUT2D eigenvalue weighted by molar-refractivity contribution is 0.291. The molecule has 0 atom stereocenters. The van der Waals surface area contributed by atoms with Crippen molar-refractivity contribution in [2.75, 3.05) is 13.2 Å². The molecule has 5 heteroatoms. The normalized spacial score (nSPS) is 10.7. The quantitative estimate of drug-likeness (QED) is 0.108. The molecule has 0 aliphatic carbocycles. The van der Waals surface area contributed by atoms with Crippen molar-refractivity contribution in [2.45, 2.75) is 103 Å². The molecule has 0 aliphatic rings. The van der Waals surface area contributed by atoms with Gasteiger partial charge in [-0.3, -0.25) is 0 Å². The second-order valence-corrected chi connectivity index (χ2v) is 8.84. The minimum atomic E-state index is -1.61. The van der Waals surface area contributed by atoms with Crippen molar-refractivity contribution < 1.29 is 19.5 Å². The van der Waals surface area contributed by atoms with E-state index in [2.05, 4.69) is 13.2 Å². The van der Waals surface area contributed by atoms with Crippen molar-refractivity contribution in [2.24, 2.45) is 0 Å². The summed E-state index contributed by atoms with van der Waals surface area (Å²) in [5.41, 5.74) is 0.335. The van der Waals surface area contributed by atoms with E-state index in [1.807, 2.05) is 18.2 Å². The fourth-order valence-electron chi connectivity index (χ4n) is 3.94. The Morgan fingerprint density at radius 2 is 0.970 bits per heavy atom. The van der Waals surface area contributed by atoms with Crippen LogP contribution in [0.2, 0.25) is 0 Å². The fraction of sp³-hybridized carbons (Fsp3) is 0.643. The van der Waals surface area contributed by atoms with Crippen LogP contribution >= 0.6 is 0 Å². The van der Waals surface area contributed by atoms with Gasteiger partial charge < -0.3 is 19.5 Å². The van der Waals surface area contributed by atoms with Crippen LogP contribution in [0.5, 0.6) is 11.5 Å². The summed E-state index contributed by atoms with van der Waals surface area (Å²) in [6.07, 6.45) is 23.0. The zero-order chi connectivity index (χ0) is 24.0. The molecule has 0 aromatic heterocycles. The number of rotatable bonds is 23. The number of unbranched alkanes of at least 4 members (excludes halogenated alkanes) is 14. The zero-order valence-corrected chi connectivity index (χ0v) is 20.8. The summed E-state index contributed by atoms with van der Waals surface area (Å²) >= 11 is 0. The summed E-state index contributed by atoms with van der Waals surface area (Å²) in [5.74, 6) is 1.01. The van der Waals surface area contributed by atoms with Gasteiger partial charge in [-0.1, -0.05) is 82.4 Å². The summed E-state index contributed by atoms with van der Waals surface area (Å²) in [6, 6.07) is 5.42. The first-order valence-electron chi connectivity index (χ1n) is 13.2. The van der Waals surface area contributed by atoms with Gasteiger partial charge >= 0.3 is 7.12 Å². The molecule has 4 nitrogen and oxygen atoms in total. The van der Waals surface area contributed by atoms with Crippen LogP contribution in [0.25, 0.3) is 0 Å². The van der Waals surface area contributed by atoms with Gasteiger partial charge in [0.2, 0.25) is 0 Å². The average Bonchev–Trinajstić information content (AvgIpc) is 2.81. The fourth-order valence-corrected chi connectivity index (χ4v) is 3.94. The average molecular weight is 458 g/mol. The van der Waals surface area contributed by atoms with E-state index >= 15 is 0 Å². The van der Waals surface area contributed by atoms with Gasteiger partial charge in [0.1, 0.15) is 11.5 Å². The van der Waals surface area contributed by atoms with Gasteiger partial charge in [0.15, 0.2) is 0 Å². The monoisotopic (exact) mass is 458 g/mol. The van der Waals surface area contributed by atoms with E-state index in [9.17, 15) is 10.0 Å². The van der Waals surface area contributed by atoms with Gasteiger partial charge in [-0.2, -0.15) is 0 Å². The summed E-state index contributed by atoms with van der Waals surface area (Å²) in [5, 5.41) is 19.8. The van der Waals surface area contributed by atoms with Gasteiger partial charge in [0, 0.05) is 0 Å². The molecule has 0 heterocycles. The molecule has 0 spiro atoms. The van der Waals surface area contributed by atoms with E-state index in [1.54, 1.807) is 12.1 Å². The third-order valence-electron chi connectivity index (χ3n) is 5.90. The topological polar surface area (TPSA) is 58.9 Å². The van der Waals surface area contributed by atoms with E-state index in [4.69, 9.17) is 9.47 Å². The Balaban J connectivity index is 2.25. The predicted octanol–water partition coefficient (Wildman–Crippen LogP) is 6.74. The lowest BCUT2D eigenvalue weighted by atomic mass is 9.78. The smallest absolute Gasteiger partial charge is 0.494 e. The molecule has 1 aromatic carbocycles. The van der Waals surface area contributed by atoms with Crippen LogP contribution in [-0.4, -0.2) is 30.4 Å². The van der Waals surface area contributed by atoms with Crippen LogP contribution in [0.4, 0.5) is 0 Å². The minimum Gasteiger partial charge on any atom is -0.494 e. The van der Waals surface area contributed by atoms with Crippen LogP contribution in [0.1, 0.15) is 103 Å². The number of ether oxygens (including phenoxy) is 2. The summed E-state index contributed by atoms with van der Waals surface area (Å²) in [6.45, 7) is 8.67. The molecule has 33 heavy (non-hydrogen) atoms. The maximum absolute atomic E-state index is 9.89. The van der Waals surface area contributed by atoms with Gasteiger partial charge in [0.25, 0.3) is 0 Å². The molecule has 0 unspecified atom stereocenters. The van der Waals surface area contributed by atoms with Gasteiger partial charge in [0.05, 0.1) is 18.7 Å². The van der Waals surface area contributed by atoms with Gasteiger partial charge in [-0.05, 0) is 50.7 Å². The van der Waals surface area contributed by atoms with Crippen LogP contribution in [0.3, 0.4) is 0 Å². The Labute approximate surface area is 203 Å². The molecule has 0 amide bonds. The molecule has 1 aromatic rings. The van der Waals surface area contributed by atoms with Crippen molar-refractivity contribution in [3.05, 3.63) is 43.5 Å². The number of allylic oxidation sites excluding steroid dienone is 2. The summed E-state index contributed by atoms with van der Waals surface area (Å²) < 4.78 is 11.8.